The molecule has 0 amide bonds. The van der Waals surface area contributed by atoms with Gasteiger partial charge in [-0.1, -0.05) is 11.6 Å². The van der Waals surface area contributed by atoms with Gasteiger partial charge < -0.3 is 10.5 Å². The minimum absolute atomic E-state index is 0.00431. The van der Waals surface area contributed by atoms with E-state index in [1.165, 1.54) is 0 Å². The summed E-state index contributed by atoms with van der Waals surface area (Å²) < 4.78 is 5.64. The quantitative estimate of drug-likeness (QED) is 0.823. The molecule has 0 saturated carbocycles. The molecular weight excluding hydrogens is 226 g/mol. The van der Waals surface area contributed by atoms with Crippen LogP contribution in [0.5, 0.6) is 5.75 Å². The van der Waals surface area contributed by atoms with Crippen LogP contribution in [0.15, 0.2) is 12.1 Å². The lowest BCUT2D eigenvalue weighted by Gasteiger charge is -2.08. The molecule has 2 N–H and O–H groups in total. The molecule has 0 bridgehead atoms. The van der Waals surface area contributed by atoms with Crippen molar-refractivity contribution in [1.29, 1.82) is 0 Å². The maximum Gasteiger partial charge on any atom is 0.167 e. The van der Waals surface area contributed by atoms with Gasteiger partial charge in [-0.25, -0.2) is 0 Å². The molecule has 1 aliphatic rings. The van der Waals surface area contributed by atoms with Crippen LogP contribution in [0.4, 0.5) is 0 Å². The summed E-state index contributed by atoms with van der Waals surface area (Å²) in [7, 11) is 0. The molecule has 3 nitrogen and oxygen atoms in total. The first kappa shape index (κ1) is 11.4. The molecule has 0 aromatic heterocycles. The lowest BCUT2D eigenvalue weighted by molar-refractivity contribution is 0.0981. The summed E-state index contributed by atoms with van der Waals surface area (Å²) >= 11 is 5.98. The second-order valence-electron chi connectivity index (χ2n) is 4.04. The molecule has 16 heavy (non-hydrogen) atoms. The number of ether oxygens (including phenoxy) is 1. The summed E-state index contributed by atoms with van der Waals surface area (Å²) in [4.78, 5) is 11.8. The van der Waals surface area contributed by atoms with Crippen molar-refractivity contribution in [3.8, 4) is 5.75 Å². The van der Waals surface area contributed by atoms with E-state index < -0.39 is 0 Å². The van der Waals surface area contributed by atoms with Crippen LogP contribution in [0, 0.1) is 0 Å². The van der Waals surface area contributed by atoms with E-state index in [0.29, 0.717) is 29.3 Å². The van der Waals surface area contributed by atoms with Gasteiger partial charge in [-0.3, -0.25) is 4.79 Å². The van der Waals surface area contributed by atoms with E-state index >= 15 is 0 Å². The number of carbonyl (C=O) groups is 1. The van der Waals surface area contributed by atoms with Crippen molar-refractivity contribution in [1.82, 2.24) is 0 Å². The van der Waals surface area contributed by atoms with Gasteiger partial charge in [-0.2, -0.15) is 0 Å². The van der Waals surface area contributed by atoms with Crippen LogP contribution in [0.25, 0.3) is 0 Å². The van der Waals surface area contributed by atoms with Crippen molar-refractivity contribution >= 4 is 17.4 Å². The lowest BCUT2D eigenvalue weighted by Crippen LogP contribution is -2.10. The normalized spacial score (nSPS) is 18.1. The highest BCUT2D eigenvalue weighted by atomic mass is 35.5. The summed E-state index contributed by atoms with van der Waals surface area (Å²) in [5.41, 5.74) is 6.96. The van der Waals surface area contributed by atoms with E-state index in [1.54, 1.807) is 6.07 Å². The van der Waals surface area contributed by atoms with Crippen LogP contribution in [-0.4, -0.2) is 18.4 Å². The molecule has 1 aromatic rings. The molecule has 0 spiro atoms. The van der Waals surface area contributed by atoms with Gasteiger partial charge in [0.05, 0.1) is 5.56 Å². The van der Waals surface area contributed by atoms with E-state index in [2.05, 4.69) is 0 Å². The van der Waals surface area contributed by atoms with Crippen LogP contribution >= 0.6 is 11.6 Å². The number of rotatable bonds is 3. The van der Waals surface area contributed by atoms with Crippen LogP contribution in [0.3, 0.4) is 0 Å². The fraction of sp³-hybridized carbons (Fsp3) is 0.417. The summed E-state index contributed by atoms with van der Waals surface area (Å²) in [5.74, 6) is 0.686. The van der Waals surface area contributed by atoms with Crippen LogP contribution < -0.4 is 10.5 Å². The third-order valence-corrected chi connectivity index (χ3v) is 2.85. The first-order valence-corrected chi connectivity index (χ1v) is 5.72. The van der Waals surface area contributed by atoms with E-state index in [9.17, 15) is 4.79 Å². The predicted molar refractivity (Wildman–Crippen MR) is 63.2 cm³/mol. The Labute approximate surface area is 99.5 Å². The smallest absolute Gasteiger partial charge is 0.167 e. The van der Waals surface area contributed by atoms with Crippen molar-refractivity contribution in [2.24, 2.45) is 5.73 Å². The van der Waals surface area contributed by atoms with E-state index in [-0.39, 0.29) is 11.9 Å². The van der Waals surface area contributed by atoms with Gasteiger partial charge in [0.15, 0.2) is 5.78 Å². The standard InChI is InChI=1S/C12H14ClNO2/c1-7-4-8-5-9(13)6-10(12(8)16-7)11(15)2-3-14/h5-7H,2-4,14H2,1H3. The van der Waals surface area contributed by atoms with Crippen LogP contribution in [0.1, 0.15) is 29.3 Å². The minimum atomic E-state index is -0.00431. The van der Waals surface area contributed by atoms with Crippen molar-refractivity contribution < 1.29 is 9.53 Å². The Morgan fingerprint density at radius 2 is 2.38 bits per heavy atom. The highest BCUT2D eigenvalue weighted by Gasteiger charge is 2.25. The van der Waals surface area contributed by atoms with Crippen molar-refractivity contribution in [3.05, 3.63) is 28.3 Å². The number of fused-ring (bicyclic) bond motifs is 1. The largest absolute Gasteiger partial charge is 0.489 e. The molecule has 86 valence electrons. The molecular formula is C12H14ClNO2. The number of hydrogen-bond donors (Lipinski definition) is 1. The maximum absolute atomic E-state index is 11.8. The molecule has 0 aliphatic carbocycles. The molecule has 4 heteroatoms. The highest BCUT2D eigenvalue weighted by molar-refractivity contribution is 6.31. The Morgan fingerprint density at radius 1 is 1.62 bits per heavy atom. The maximum atomic E-state index is 11.8. The van der Waals surface area contributed by atoms with Crippen LogP contribution in [0.2, 0.25) is 5.02 Å². The molecule has 1 aromatic carbocycles. The second-order valence-corrected chi connectivity index (χ2v) is 4.47. The molecule has 1 heterocycles. The van der Waals surface area contributed by atoms with Gasteiger partial charge in [0.1, 0.15) is 11.9 Å². The number of halogens is 1. The molecule has 0 fully saturated rings. The third kappa shape index (κ3) is 2.06. The summed E-state index contributed by atoms with van der Waals surface area (Å²) in [6, 6.07) is 3.52. The zero-order chi connectivity index (χ0) is 11.7. The fourth-order valence-electron chi connectivity index (χ4n) is 1.97. The average Bonchev–Trinajstić information content (AvgIpc) is 2.57. The second kappa shape index (κ2) is 4.44. The Bertz CT molecular complexity index is 431. The lowest BCUT2D eigenvalue weighted by atomic mass is 10.0. The molecule has 0 radical (unpaired) electrons. The average molecular weight is 240 g/mol. The topological polar surface area (TPSA) is 52.3 Å². The molecule has 1 unspecified atom stereocenters. The summed E-state index contributed by atoms with van der Waals surface area (Å²) in [6.07, 6.45) is 1.24. The predicted octanol–water partition coefficient (Wildman–Crippen LogP) is 2.19. The number of nitrogens with two attached hydrogens (primary N) is 1. The number of Topliss-reactive ketones (excluding diaryl/α,β-unsaturated/α-hetero) is 1. The van der Waals surface area contributed by atoms with Crippen molar-refractivity contribution in [2.45, 2.75) is 25.9 Å². The Balaban J connectivity index is 2.42. The first-order chi connectivity index (χ1) is 7.61. The monoisotopic (exact) mass is 239 g/mol. The van der Waals surface area contributed by atoms with Gasteiger partial charge in [0, 0.05) is 23.4 Å². The zero-order valence-electron chi connectivity index (χ0n) is 9.13. The molecule has 2 rings (SSSR count). The van der Waals surface area contributed by atoms with Gasteiger partial charge >= 0.3 is 0 Å². The van der Waals surface area contributed by atoms with E-state index in [1.807, 2.05) is 13.0 Å². The minimum Gasteiger partial charge on any atom is -0.489 e. The summed E-state index contributed by atoms with van der Waals surface area (Å²) in [6.45, 7) is 2.32. The van der Waals surface area contributed by atoms with Crippen molar-refractivity contribution in [2.75, 3.05) is 6.54 Å². The third-order valence-electron chi connectivity index (χ3n) is 2.63. The van der Waals surface area contributed by atoms with Gasteiger partial charge in [0.25, 0.3) is 0 Å². The summed E-state index contributed by atoms with van der Waals surface area (Å²) in [5, 5.41) is 0.580. The number of carbonyl (C=O) groups excluding carboxylic acids is 1. The van der Waals surface area contributed by atoms with Crippen LogP contribution in [-0.2, 0) is 6.42 Å². The van der Waals surface area contributed by atoms with Gasteiger partial charge in [-0.05, 0) is 25.6 Å². The van der Waals surface area contributed by atoms with E-state index in [4.69, 9.17) is 22.1 Å². The Morgan fingerprint density at radius 3 is 3.06 bits per heavy atom. The van der Waals surface area contributed by atoms with Gasteiger partial charge in [0.2, 0.25) is 0 Å². The van der Waals surface area contributed by atoms with Crippen molar-refractivity contribution in [3.63, 3.8) is 0 Å². The molecule has 1 atom stereocenters. The first-order valence-electron chi connectivity index (χ1n) is 5.34. The Hall–Kier alpha value is -1.06. The Kier molecular flexibility index (Phi) is 3.17. The fourth-order valence-corrected chi connectivity index (χ4v) is 2.21. The number of benzene rings is 1. The molecule has 1 aliphatic heterocycles. The number of ketones is 1. The highest BCUT2D eigenvalue weighted by Crippen LogP contribution is 2.35. The number of hydrogen-bond acceptors (Lipinski definition) is 3. The SMILES string of the molecule is CC1Cc2cc(Cl)cc(C(=O)CCN)c2O1. The van der Waals surface area contributed by atoms with E-state index in [0.717, 1.165) is 12.0 Å². The zero-order valence-corrected chi connectivity index (χ0v) is 9.88. The molecule has 0 saturated heterocycles. The van der Waals surface area contributed by atoms with Gasteiger partial charge in [-0.15, -0.1) is 0 Å².